The van der Waals surface area contributed by atoms with Gasteiger partial charge >= 0.3 is 5.97 Å². The second-order valence-corrected chi connectivity index (χ2v) is 8.16. The van der Waals surface area contributed by atoms with Gasteiger partial charge in [-0.15, -0.1) is 0 Å². The zero-order chi connectivity index (χ0) is 22.8. The first kappa shape index (κ1) is 24.2. The summed E-state index contributed by atoms with van der Waals surface area (Å²) in [7, 11) is 0. The summed E-state index contributed by atoms with van der Waals surface area (Å²) >= 11 is 0. The molecule has 0 spiro atoms. The van der Waals surface area contributed by atoms with Crippen molar-refractivity contribution in [2.75, 3.05) is 19.8 Å². The van der Waals surface area contributed by atoms with Crippen molar-refractivity contribution in [3.05, 3.63) is 59.4 Å². The molecule has 0 saturated carbocycles. The number of ether oxygens (including phenoxy) is 4. The van der Waals surface area contributed by atoms with Crippen LogP contribution in [0.4, 0.5) is 4.39 Å². The summed E-state index contributed by atoms with van der Waals surface area (Å²) in [6.07, 6.45) is 5.82. The Bertz CT molecular complexity index is 844. The molecule has 0 N–H and O–H groups in total. The second-order valence-electron chi connectivity index (χ2n) is 8.16. The monoisotopic (exact) mass is 444 g/mol. The summed E-state index contributed by atoms with van der Waals surface area (Å²) < 4.78 is 37.1. The van der Waals surface area contributed by atoms with Crippen LogP contribution >= 0.6 is 0 Å². The summed E-state index contributed by atoms with van der Waals surface area (Å²) in [5.74, 6) is 0.263. The van der Waals surface area contributed by atoms with Crippen LogP contribution < -0.4 is 9.47 Å². The molecule has 1 heterocycles. The van der Waals surface area contributed by atoms with Gasteiger partial charge in [0.15, 0.2) is 6.29 Å². The zero-order valence-corrected chi connectivity index (χ0v) is 19.0. The normalized spacial score (nSPS) is 18.3. The van der Waals surface area contributed by atoms with Crippen LogP contribution in [-0.2, 0) is 9.47 Å². The summed E-state index contributed by atoms with van der Waals surface area (Å²) in [4.78, 5) is 12.4. The van der Waals surface area contributed by atoms with Crippen molar-refractivity contribution >= 4 is 5.97 Å². The van der Waals surface area contributed by atoms with E-state index in [-0.39, 0.29) is 5.56 Å². The van der Waals surface area contributed by atoms with Gasteiger partial charge in [0.25, 0.3) is 0 Å². The minimum absolute atomic E-state index is 0.128. The summed E-state index contributed by atoms with van der Waals surface area (Å²) in [6, 6.07) is 11.1. The molecule has 1 fully saturated rings. The molecule has 0 unspecified atom stereocenters. The maximum absolute atomic E-state index is 14.7. The molecule has 0 aliphatic carbocycles. The average molecular weight is 445 g/mol. The number of benzene rings is 2. The molecule has 2 aromatic carbocycles. The minimum atomic E-state index is -0.747. The Morgan fingerprint density at radius 1 is 0.969 bits per heavy atom. The highest BCUT2D eigenvalue weighted by Gasteiger charge is 2.26. The van der Waals surface area contributed by atoms with E-state index in [9.17, 15) is 9.18 Å². The van der Waals surface area contributed by atoms with Crippen LogP contribution in [-0.4, -0.2) is 25.8 Å². The molecule has 174 valence electrons. The van der Waals surface area contributed by atoms with Crippen molar-refractivity contribution < 1.29 is 28.1 Å². The van der Waals surface area contributed by atoms with Gasteiger partial charge < -0.3 is 18.9 Å². The number of hydrogen-bond acceptors (Lipinski definition) is 5. The Morgan fingerprint density at radius 3 is 2.31 bits per heavy atom. The highest BCUT2D eigenvalue weighted by Crippen LogP contribution is 2.29. The van der Waals surface area contributed by atoms with Crippen molar-refractivity contribution in [2.45, 2.75) is 58.7 Å². The smallest absolute Gasteiger partial charge is 0.343 e. The third-order valence-corrected chi connectivity index (χ3v) is 5.47. The predicted molar refractivity (Wildman–Crippen MR) is 120 cm³/mol. The van der Waals surface area contributed by atoms with E-state index in [0.29, 0.717) is 37.1 Å². The van der Waals surface area contributed by atoms with Crippen molar-refractivity contribution in [1.82, 2.24) is 0 Å². The fourth-order valence-corrected chi connectivity index (χ4v) is 3.54. The molecule has 1 aliphatic heterocycles. The third kappa shape index (κ3) is 7.04. The largest absolute Gasteiger partial charge is 0.494 e. The van der Waals surface area contributed by atoms with Crippen molar-refractivity contribution in [2.24, 2.45) is 5.92 Å². The SMILES string of the molecule is CCCCCOc1ccc(OC(=O)c2ccc(C3OCC(CCCC)CO3)c(F)c2)cc1. The van der Waals surface area contributed by atoms with E-state index in [1.54, 1.807) is 24.3 Å². The first-order chi connectivity index (χ1) is 15.6. The molecule has 2 aromatic rings. The Hall–Kier alpha value is -2.44. The van der Waals surface area contributed by atoms with E-state index in [2.05, 4.69) is 13.8 Å². The van der Waals surface area contributed by atoms with E-state index < -0.39 is 18.1 Å². The lowest BCUT2D eigenvalue weighted by molar-refractivity contribution is -0.207. The fraction of sp³-hybridized carbons (Fsp3) is 0.500. The number of rotatable bonds is 11. The molecule has 5 nitrogen and oxygen atoms in total. The van der Waals surface area contributed by atoms with E-state index in [0.717, 1.165) is 44.3 Å². The standard InChI is InChI=1S/C26H33FO5/c1-3-5-7-15-29-21-10-12-22(13-11-21)32-25(28)20-9-14-23(24(27)16-20)26-30-17-19(18-31-26)8-6-4-2/h9-14,16,19,26H,3-8,15,17-18H2,1-2H3. The molecule has 0 bridgehead atoms. The van der Waals surface area contributed by atoms with Crippen LogP contribution in [0.15, 0.2) is 42.5 Å². The molecule has 0 amide bonds. The van der Waals surface area contributed by atoms with Gasteiger partial charge in [-0.3, -0.25) is 0 Å². The van der Waals surface area contributed by atoms with Gasteiger partial charge in [0.05, 0.1) is 25.4 Å². The van der Waals surface area contributed by atoms with Crippen LogP contribution in [0.1, 0.15) is 74.6 Å². The molecule has 3 rings (SSSR count). The Labute approximate surface area is 189 Å². The van der Waals surface area contributed by atoms with E-state index in [1.807, 2.05) is 0 Å². The highest BCUT2D eigenvalue weighted by molar-refractivity contribution is 5.91. The van der Waals surface area contributed by atoms with Crippen LogP contribution in [0.2, 0.25) is 0 Å². The number of carbonyl (C=O) groups excluding carboxylic acids is 1. The number of halogens is 1. The van der Waals surface area contributed by atoms with Gasteiger partial charge in [0, 0.05) is 11.5 Å². The summed E-state index contributed by atoms with van der Waals surface area (Å²) in [6.45, 7) is 6.04. The number of carbonyl (C=O) groups is 1. The van der Waals surface area contributed by atoms with Crippen LogP contribution in [0, 0.1) is 11.7 Å². The van der Waals surface area contributed by atoms with Gasteiger partial charge in [0.1, 0.15) is 17.3 Å². The van der Waals surface area contributed by atoms with Crippen molar-refractivity contribution in [3.8, 4) is 11.5 Å². The van der Waals surface area contributed by atoms with Gasteiger partial charge in [-0.2, -0.15) is 0 Å². The molecule has 0 atom stereocenters. The molecular formula is C26H33FO5. The van der Waals surface area contributed by atoms with Crippen LogP contribution in [0.5, 0.6) is 11.5 Å². The van der Waals surface area contributed by atoms with Crippen molar-refractivity contribution in [3.63, 3.8) is 0 Å². The first-order valence-electron chi connectivity index (χ1n) is 11.6. The lowest BCUT2D eigenvalue weighted by Crippen LogP contribution is -2.27. The Kier molecular flexibility index (Phi) is 9.50. The quantitative estimate of drug-likeness (QED) is 0.226. The van der Waals surface area contributed by atoms with Gasteiger partial charge in [-0.05, 0) is 49.2 Å². The number of hydrogen-bond donors (Lipinski definition) is 0. The lowest BCUT2D eigenvalue weighted by Gasteiger charge is -2.29. The van der Waals surface area contributed by atoms with E-state index in [1.165, 1.54) is 18.2 Å². The molecule has 6 heteroatoms. The molecule has 1 saturated heterocycles. The summed E-state index contributed by atoms with van der Waals surface area (Å²) in [5.41, 5.74) is 0.419. The van der Waals surface area contributed by atoms with Crippen LogP contribution in [0.25, 0.3) is 0 Å². The van der Waals surface area contributed by atoms with E-state index >= 15 is 0 Å². The maximum Gasteiger partial charge on any atom is 0.343 e. The molecular weight excluding hydrogens is 411 g/mol. The Balaban J connectivity index is 1.52. The van der Waals surface area contributed by atoms with Gasteiger partial charge in [0.2, 0.25) is 0 Å². The fourth-order valence-electron chi connectivity index (χ4n) is 3.54. The molecule has 1 aliphatic rings. The molecule has 0 radical (unpaired) electrons. The topological polar surface area (TPSA) is 54.0 Å². The molecule has 32 heavy (non-hydrogen) atoms. The van der Waals surface area contributed by atoms with Crippen LogP contribution in [0.3, 0.4) is 0 Å². The minimum Gasteiger partial charge on any atom is -0.494 e. The maximum atomic E-state index is 14.7. The predicted octanol–water partition coefficient (Wildman–Crippen LogP) is 6.47. The number of unbranched alkanes of at least 4 members (excludes halogenated alkanes) is 3. The second kappa shape index (κ2) is 12.6. The average Bonchev–Trinajstić information content (AvgIpc) is 2.82. The number of esters is 1. The van der Waals surface area contributed by atoms with E-state index in [4.69, 9.17) is 18.9 Å². The first-order valence-corrected chi connectivity index (χ1v) is 11.6. The van der Waals surface area contributed by atoms with Crippen molar-refractivity contribution in [1.29, 1.82) is 0 Å². The lowest BCUT2D eigenvalue weighted by atomic mass is 10.0. The molecule has 0 aromatic heterocycles. The Morgan fingerprint density at radius 2 is 1.66 bits per heavy atom. The summed E-state index contributed by atoms with van der Waals surface area (Å²) in [5, 5.41) is 0. The zero-order valence-electron chi connectivity index (χ0n) is 19.0. The highest BCUT2D eigenvalue weighted by atomic mass is 19.1. The van der Waals surface area contributed by atoms with Gasteiger partial charge in [-0.25, -0.2) is 9.18 Å². The van der Waals surface area contributed by atoms with Gasteiger partial charge in [-0.1, -0.05) is 45.6 Å². The third-order valence-electron chi connectivity index (χ3n) is 5.47.